The molecule has 0 aliphatic carbocycles. The Labute approximate surface area is 203 Å². The van der Waals surface area contributed by atoms with Gasteiger partial charge in [0.2, 0.25) is 6.36 Å². The van der Waals surface area contributed by atoms with Crippen molar-refractivity contribution in [2.24, 2.45) is 7.05 Å². The van der Waals surface area contributed by atoms with Crippen molar-refractivity contribution in [1.29, 1.82) is 0 Å². The number of aliphatic hydroxyl groups is 1. The Bertz CT molecular complexity index is 1460. The van der Waals surface area contributed by atoms with Crippen molar-refractivity contribution in [2.75, 3.05) is 6.61 Å². The Morgan fingerprint density at radius 1 is 1.17 bits per heavy atom. The summed E-state index contributed by atoms with van der Waals surface area (Å²) in [5.74, 6) is 0.535. The number of rotatable bonds is 9. The summed E-state index contributed by atoms with van der Waals surface area (Å²) in [6, 6.07) is 9.69. The topological polar surface area (TPSA) is 113 Å². The van der Waals surface area contributed by atoms with Gasteiger partial charge in [0, 0.05) is 39.4 Å². The first-order valence-corrected chi connectivity index (χ1v) is 11.2. The summed E-state index contributed by atoms with van der Waals surface area (Å²) in [6.07, 6.45) is 0.194. The maximum Gasteiger partial charge on any atom is 0.332 e. The van der Waals surface area contributed by atoms with Crippen molar-refractivity contribution in [3.05, 3.63) is 74.1 Å². The van der Waals surface area contributed by atoms with Crippen molar-refractivity contribution in [2.45, 2.75) is 32.8 Å². The molecular formula is C23H23ClFN5O5. The smallest absolute Gasteiger partial charge is 0.332 e. The van der Waals surface area contributed by atoms with Crippen LogP contribution in [0.5, 0.6) is 17.5 Å². The number of benzene rings is 1. The van der Waals surface area contributed by atoms with E-state index >= 15 is 0 Å². The van der Waals surface area contributed by atoms with Gasteiger partial charge in [0.05, 0.1) is 17.3 Å². The molecule has 0 spiro atoms. The number of aliphatic hydroxyl groups excluding tert-OH is 1. The molecule has 1 unspecified atom stereocenters. The fraction of sp³-hybridized carbons (Fsp3) is 0.304. The highest BCUT2D eigenvalue weighted by Gasteiger charge is 2.22. The van der Waals surface area contributed by atoms with Gasteiger partial charge in [-0.3, -0.25) is 23.5 Å². The highest BCUT2D eigenvalue weighted by molar-refractivity contribution is 6.30. The molecule has 0 saturated carbocycles. The van der Waals surface area contributed by atoms with Crippen molar-refractivity contribution >= 4 is 22.8 Å². The zero-order valence-corrected chi connectivity index (χ0v) is 19.8. The van der Waals surface area contributed by atoms with Gasteiger partial charge in [0.1, 0.15) is 11.5 Å². The predicted octanol–water partition coefficient (Wildman–Crippen LogP) is 2.86. The lowest BCUT2D eigenvalue weighted by atomic mass is 10.3. The van der Waals surface area contributed by atoms with Crippen molar-refractivity contribution in [3.8, 4) is 17.5 Å². The normalized spacial score (nSPS) is 12.1. The molecule has 10 nitrogen and oxygen atoms in total. The molecular weight excluding hydrogens is 481 g/mol. The minimum absolute atomic E-state index is 0.0224. The van der Waals surface area contributed by atoms with Crippen LogP contribution in [0.15, 0.2) is 52.2 Å². The number of imidazole rings is 1. The van der Waals surface area contributed by atoms with Crippen LogP contribution in [0.25, 0.3) is 11.2 Å². The fourth-order valence-electron chi connectivity index (χ4n) is 3.57. The Morgan fingerprint density at radius 3 is 2.63 bits per heavy atom. The van der Waals surface area contributed by atoms with E-state index in [0.717, 1.165) is 4.57 Å². The van der Waals surface area contributed by atoms with Gasteiger partial charge in [0.15, 0.2) is 11.2 Å². The van der Waals surface area contributed by atoms with E-state index < -0.39 is 17.6 Å². The first-order valence-electron chi connectivity index (χ1n) is 10.8. The number of ether oxygens (including phenoxy) is 2. The van der Waals surface area contributed by atoms with Gasteiger partial charge in [-0.25, -0.2) is 9.18 Å². The number of aryl methyl sites for hydroxylation is 1. The average Bonchev–Trinajstić information content (AvgIpc) is 3.17. The molecule has 1 atom stereocenters. The molecule has 3 aromatic heterocycles. The van der Waals surface area contributed by atoms with E-state index in [0.29, 0.717) is 10.7 Å². The largest absolute Gasteiger partial charge is 0.461 e. The molecule has 0 aliphatic rings. The molecule has 4 rings (SSSR count). The maximum atomic E-state index is 13.4. The molecule has 184 valence electrons. The van der Waals surface area contributed by atoms with Crippen LogP contribution in [0.3, 0.4) is 0 Å². The highest BCUT2D eigenvalue weighted by atomic mass is 35.5. The highest BCUT2D eigenvalue weighted by Crippen LogP contribution is 2.28. The molecule has 0 bridgehead atoms. The van der Waals surface area contributed by atoms with Crippen LogP contribution in [-0.2, 0) is 20.1 Å². The van der Waals surface area contributed by atoms with Crippen molar-refractivity contribution in [1.82, 2.24) is 23.7 Å². The van der Waals surface area contributed by atoms with E-state index in [1.165, 1.54) is 35.4 Å². The minimum atomic E-state index is -1.52. The maximum absolute atomic E-state index is 13.4. The van der Waals surface area contributed by atoms with E-state index in [1.54, 1.807) is 30.3 Å². The van der Waals surface area contributed by atoms with Crippen LogP contribution in [0, 0.1) is 0 Å². The SMILES string of the molecule is CC(F)Oc1cccc(Oc2nc3c(c(=O)n(CCCO)c(=O)n3C)n2Cc2ccc(Cl)cn2)c1. The summed E-state index contributed by atoms with van der Waals surface area (Å²) in [5.41, 5.74) is -0.326. The molecule has 1 aromatic carbocycles. The molecule has 35 heavy (non-hydrogen) atoms. The summed E-state index contributed by atoms with van der Waals surface area (Å²) >= 11 is 5.95. The summed E-state index contributed by atoms with van der Waals surface area (Å²) in [5, 5.41) is 9.65. The van der Waals surface area contributed by atoms with Crippen molar-refractivity contribution < 1.29 is 19.0 Å². The lowest BCUT2D eigenvalue weighted by Crippen LogP contribution is -2.39. The predicted molar refractivity (Wildman–Crippen MR) is 127 cm³/mol. The quantitative estimate of drug-likeness (QED) is 0.373. The fourth-order valence-corrected chi connectivity index (χ4v) is 3.68. The minimum Gasteiger partial charge on any atom is -0.461 e. The Morgan fingerprint density at radius 2 is 1.94 bits per heavy atom. The first-order chi connectivity index (χ1) is 16.8. The number of halogens is 2. The molecule has 0 saturated heterocycles. The summed E-state index contributed by atoms with van der Waals surface area (Å²) in [6.45, 7) is 1.22. The zero-order valence-electron chi connectivity index (χ0n) is 19.0. The molecule has 4 aromatic rings. The van der Waals surface area contributed by atoms with E-state index in [2.05, 4.69) is 9.97 Å². The van der Waals surface area contributed by atoms with Crippen LogP contribution in [0.4, 0.5) is 4.39 Å². The molecule has 0 aliphatic heterocycles. The third-order valence-electron chi connectivity index (χ3n) is 5.16. The third-order valence-corrected chi connectivity index (χ3v) is 5.38. The number of hydrogen-bond donors (Lipinski definition) is 1. The summed E-state index contributed by atoms with van der Waals surface area (Å²) in [7, 11) is 1.50. The lowest BCUT2D eigenvalue weighted by Gasteiger charge is -2.12. The van der Waals surface area contributed by atoms with Crippen LogP contribution in [0.1, 0.15) is 19.0 Å². The van der Waals surface area contributed by atoms with Crippen molar-refractivity contribution in [3.63, 3.8) is 0 Å². The Kier molecular flexibility index (Phi) is 7.17. The van der Waals surface area contributed by atoms with Crippen LogP contribution in [-0.4, -0.2) is 41.7 Å². The van der Waals surface area contributed by atoms with Gasteiger partial charge in [-0.15, -0.1) is 0 Å². The first kappa shape index (κ1) is 24.4. The molecule has 1 N–H and O–H groups in total. The monoisotopic (exact) mass is 503 g/mol. The molecule has 0 fully saturated rings. The average molecular weight is 504 g/mol. The standard InChI is InChI=1S/C23H23ClFN5O5/c1-14(25)34-17-5-3-6-18(11-17)35-22-27-20-19(30(22)13-16-8-7-15(24)12-26-16)21(32)29(9-4-10-31)23(33)28(20)2/h3,5-8,11-12,14,31H,4,9-10,13H2,1-2H3. The number of alkyl halides is 1. The second-order valence-electron chi connectivity index (χ2n) is 7.73. The number of nitrogens with zero attached hydrogens (tertiary/aromatic N) is 5. The van der Waals surface area contributed by atoms with Gasteiger partial charge >= 0.3 is 11.7 Å². The number of pyridine rings is 1. The van der Waals surface area contributed by atoms with E-state index in [9.17, 15) is 19.1 Å². The molecule has 0 radical (unpaired) electrons. The van der Waals surface area contributed by atoms with Gasteiger partial charge in [0.25, 0.3) is 5.56 Å². The van der Waals surface area contributed by atoms with Crippen LogP contribution < -0.4 is 20.7 Å². The molecule has 0 amide bonds. The second-order valence-corrected chi connectivity index (χ2v) is 8.17. The summed E-state index contributed by atoms with van der Waals surface area (Å²) in [4.78, 5) is 34.9. The Balaban J connectivity index is 1.88. The van der Waals surface area contributed by atoms with Gasteiger partial charge in [-0.2, -0.15) is 4.98 Å². The molecule has 12 heteroatoms. The van der Waals surface area contributed by atoms with Crippen LogP contribution in [0.2, 0.25) is 5.02 Å². The van der Waals surface area contributed by atoms with E-state index in [-0.39, 0.29) is 54.8 Å². The molecule has 3 heterocycles. The van der Waals surface area contributed by atoms with Gasteiger partial charge in [-0.1, -0.05) is 17.7 Å². The van der Waals surface area contributed by atoms with E-state index in [1.807, 2.05) is 0 Å². The third kappa shape index (κ3) is 5.20. The lowest BCUT2D eigenvalue weighted by molar-refractivity contribution is 0.0858. The van der Waals surface area contributed by atoms with E-state index in [4.69, 9.17) is 21.1 Å². The van der Waals surface area contributed by atoms with Gasteiger partial charge in [-0.05, 0) is 30.7 Å². The number of fused-ring (bicyclic) bond motifs is 1. The Hall–Kier alpha value is -3.70. The number of hydrogen-bond acceptors (Lipinski definition) is 7. The van der Waals surface area contributed by atoms with Gasteiger partial charge < -0.3 is 14.6 Å². The number of aromatic nitrogens is 5. The second kappa shape index (κ2) is 10.3. The van der Waals surface area contributed by atoms with Crippen LogP contribution >= 0.6 is 11.6 Å². The summed E-state index contributed by atoms with van der Waals surface area (Å²) < 4.78 is 28.2. The zero-order chi connectivity index (χ0) is 25.1.